The van der Waals surface area contributed by atoms with E-state index in [4.69, 9.17) is 0 Å². The summed E-state index contributed by atoms with van der Waals surface area (Å²) in [4.78, 5) is 2.49. The predicted octanol–water partition coefficient (Wildman–Crippen LogP) is 16.6. The van der Waals surface area contributed by atoms with Crippen molar-refractivity contribution < 1.29 is 0 Å². The average Bonchev–Trinajstić information content (AvgIpc) is 3.69. The predicted molar refractivity (Wildman–Crippen MR) is 263 cm³/mol. The van der Waals surface area contributed by atoms with E-state index in [-0.39, 0.29) is 0 Å². The van der Waals surface area contributed by atoms with Crippen molar-refractivity contribution >= 4 is 38.9 Å². The highest BCUT2D eigenvalue weighted by atomic mass is 15.2. The van der Waals surface area contributed by atoms with Gasteiger partial charge in [-0.1, -0.05) is 206 Å². The Balaban J connectivity index is 1.21. The Morgan fingerprint density at radius 1 is 0.258 bits per heavy atom. The Morgan fingerprint density at radius 2 is 0.645 bits per heavy atom. The van der Waals surface area contributed by atoms with Gasteiger partial charge in [-0.25, -0.2) is 0 Å². The van der Waals surface area contributed by atoms with E-state index in [0.717, 1.165) is 45.0 Å². The van der Waals surface area contributed by atoms with Crippen molar-refractivity contribution in [3.8, 4) is 61.3 Å². The molecule has 0 amide bonds. The molecule has 10 aromatic carbocycles. The highest BCUT2D eigenvalue weighted by molar-refractivity contribution is 6.10. The smallest absolute Gasteiger partial charge is 0.0702 e. The lowest BCUT2D eigenvalue weighted by Crippen LogP contribution is -2.14. The van der Waals surface area contributed by atoms with E-state index in [1.54, 1.807) is 0 Å². The minimum Gasteiger partial charge on any atom is -0.308 e. The summed E-state index contributed by atoms with van der Waals surface area (Å²) in [6, 6.07) is 92.3. The molecule has 0 spiro atoms. The third-order valence-electron chi connectivity index (χ3n) is 12.0. The summed E-state index contributed by atoms with van der Waals surface area (Å²) in [5.74, 6) is 0. The quantitative estimate of drug-likeness (QED) is 0.141. The summed E-state index contributed by atoms with van der Waals surface area (Å²) < 4.78 is 2.44. The van der Waals surface area contributed by atoms with E-state index < -0.39 is 0 Å². The van der Waals surface area contributed by atoms with Crippen LogP contribution in [0.3, 0.4) is 0 Å². The van der Waals surface area contributed by atoms with Crippen molar-refractivity contribution in [1.29, 1.82) is 0 Å². The molecule has 11 rings (SSSR count). The van der Waals surface area contributed by atoms with Crippen LogP contribution >= 0.6 is 0 Å². The van der Waals surface area contributed by atoms with Crippen molar-refractivity contribution in [3.05, 3.63) is 255 Å². The number of fused-ring (bicyclic) bond motifs is 3. The minimum atomic E-state index is 1.06. The maximum absolute atomic E-state index is 2.49. The first-order valence-electron chi connectivity index (χ1n) is 21.3. The highest BCUT2D eigenvalue weighted by Gasteiger charge is 2.25. The zero-order valence-electron chi connectivity index (χ0n) is 34.1. The van der Waals surface area contributed by atoms with Gasteiger partial charge < -0.3 is 9.47 Å². The van der Waals surface area contributed by atoms with Crippen LogP contribution in [0.5, 0.6) is 0 Å². The molecule has 0 bridgehead atoms. The molecule has 2 nitrogen and oxygen atoms in total. The van der Waals surface area contributed by atoms with Gasteiger partial charge in [0, 0.05) is 22.0 Å². The maximum atomic E-state index is 2.49. The zero-order chi connectivity index (χ0) is 41.2. The lowest BCUT2D eigenvalue weighted by Gasteiger charge is -2.31. The molecule has 0 fully saturated rings. The van der Waals surface area contributed by atoms with Gasteiger partial charge in [0.25, 0.3) is 0 Å². The standard InChI is InChI=1S/C60H42N2/c1-4-22-43(23-5-1)46-40-47(44-24-6-2-7-25-44)42-48(41-46)61(59-38-20-21-39-60(59)62-57-36-18-15-33-54(57)55-34-16-19-37-58(55)62)56-35-17-14-32-53(56)52-31-13-12-30-51(52)50-29-11-10-28-49(50)45-26-8-3-9-27-45/h1-42H. The highest BCUT2D eigenvalue weighted by Crippen LogP contribution is 2.48. The van der Waals surface area contributed by atoms with Gasteiger partial charge in [0.15, 0.2) is 0 Å². The summed E-state index contributed by atoms with van der Waals surface area (Å²) in [5, 5.41) is 2.46. The first kappa shape index (κ1) is 36.8. The van der Waals surface area contributed by atoms with E-state index >= 15 is 0 Å². The SMILES string of the molecule is c1ccc(-c2cc(-c3ccccc3)cc(N(c3ccccc3-c3ccccc3-c3ccccc3-c3ccccc3)c3ccccc3-n3c4ccccc4c4ccccc43)c2)cc1. The van der Waals surface area contributed by atoms with Crippen molar-refractivity contribution in [1.82, 2.24) is 4.57 Å². The van der Waals surface area contributed by atoms with Crippen LogP contribution in [-0.2, 0) is 0 Å². The number of para-hydroxylation sites is 5. The van der Waals surface area contributed by atoms with Gasteiger partial charge in [0.1, 0.15) is 0 Å². The molecule has 0 radical (unpaired) electrons. The number of aromatic nitrogens is 1. The van der Waals surface area contributed by atoms with Gasteiger partial charge in [-0.15, -0.1) is 0 Å². The van der Waals surface area contributed by atoms with Crippen LogP contribution in [0.1, 0.15) is 0 Å². The van der Waals surface area contributed by atoms with E-state index in [1.165, 1.54) is 55.2 Å². The third kappa shape index (κ3) is 6.65. The molecule has 0 aliphatic rings. The Morgan fingerprint density at radius 3 is 1.21 bits per heavy atom. The van der Waals surface area contributed by atoms with Crippen LogP contribution in [0.2, 0.25) is 0 Å². The fourth-order valence-electron chi connectivity index (χ4n) is 9.20. The van der Waals surface area contributed by atoms with E-state index in [2.05, 4.69) is 264 Å². The van der Waals surface area contributed by atoms with Crippen LogP contribution in [0.25, 0.3) is 83.1 Å². The second-order valence-electron chi connectivity index (χ2n) is 15.7. The number of rotatable bonds is 9. The molecule has 62 heavy (non-hydrogen) atoms. The molecule has 2 heteroatoms. The van der Waals surface area contributed by atoms with Crippen molar-refractivity contribution in [2.75, 3.05) is 4.90 Å². The Hall–Kier alpha value is -8.20. The fraction of sp³-hybridized carbons (Fsp3) is 0. The number of nitrogens with zero attached hydrogens (tertiary/aromatic N) is 2. The third-order valence-corrected chi connectivity index (χ3v) is 12.0. The van der Waals surface area contributed by atoms with Crippen LogP contribution in [-0.4, -0.2) is 4.57 Å². The van der Waals surface area contributed by atoms with Gasteiger partial charge in [-0.3, -0.25) is 0 Å². The molecule has 292 valence electrons. The molecule has 11 aromatic rings. The molecule has 0 saturated carbocycles. The largest absolute Gasteiger partial charge is 0.308 e. The molecule has 1 heterocycles. The van der Waals surface area contributed by atoms with Gasteiger partial charge in [0.2, 0.25) is 0 Å². The van der Waals surface area contributed by atoms with Gasteiger partial charge >= 0.3 is 0 Å². The number of anilines is 3. The van der Waals surface area contributed by atoms with Crippen molar-refractivity contribution in [3.63, 3.8) is 0 Å². The second-order valence-corrected chi connectivity index (χ2v) is 15.7. The minimum absolute atomic E-state index is 1.06. The molecule has 1 aromatic heterocycles. The second kappa shape index (κ2) is 16.1. The lowest BCUT2D eigenvalue weighted by molar-refractivity contribution is 1.15. The Labute approximate surface area is 362 Å². The summed E-state index contributed by atoms with van der Waals surface area (Å²) in [7, 11) is 0. The molecule has 0 aliphatic heterocycles. The van der Waals surface area contributed by atoms with E-state index in [9.17, 15) is 0 Å². The van der Waals surface area contributed by atoms with Crippen LogP contribution in [0.15, 0.2) is 255 Å². The summed E-state index contributed by atoms with van der Waals surface area (Å²) >= 11 is 0. The average molecular weight is 791 g/mol. The number of hydrogen-bond acceptors (Lipinski definition) is 1. The molecule has 0 saturated heterocycles. The van der Waals surface area contributed by atoms with Crippen LogP contribution in [0, 0.1) is 0 Å². The van der Waals surface area contributed by atoms with Crippen molar-refractivity contribution in [2.24, 2.45) is 0 Å². The molecule has 0 unspecified atom stereocenters. The Bertz CT molecular complexity index is 3240. The summed E-state index contributed by atoms with van der Waals surface area (Å²) in [5.41, 5.74) is 18.3. The van der Waals surface area contributed by atoms with Crippen molar-refractivity contribution in [2.45, 2.75) is 0 Å². The van der Waals surface area contributed by atoms with E-state index in [0.29, 0.717) is 0 Å². The van der Waals surface area contributed by atoms with Gasteiger partial charge in [-0.2, -0.15) is 0 Å². The van der Waals surface area contributed by atoms with Crippen LogP contribution in [0.4, 0.5) is 17.1 Å². The number of benzene rings is 10. The first-order valence-corrected chi connectivity index (χ1v) is 21.3. The molecular formula is C60H42N2. The summed E-state index contributed by atoms with van der Waals surface area (Å²) in [6.45, 7) is 0. The van der Waals surface area contributed by atoms with Gasteiger partial charge in [-0.05, 0) is 98.6 Å². The first-order chi connectivity index (χ1) is 30.8. The topological polar surface area (TPSA) is 8.17 Å². The molecule has 0 N–H and O–H groups in total. The normalized spacial score (nSPS) is 11.2. The van der Waals surface area contributed by atoms with Crippen LogP contribution < -0.4 is 4.90 Å². The Kier molecular flexibility index (Phi) is 9.57. The number of hydrogen-bond donors (Lipinski definition) is 0. The zero-order valence-corrected chi connectivity index (χ0v) is 34.1. The molecule has 0 aliphatic carbocycles. The maximum Gasteiger partial charge on any atom is 0.0702 e. The molecular weight excluding hydrogens is 749 g/mol. The molecule has 0 atom stereocenters. The summed E-state index contributed by atoms with van der Waals surface area (Å²) in [6.07, 6.45) is 0. The lowest BCUT2D eigenvalue weighted by atomic mass is 9.88. The monoisotopic (exact) mass is 790 g/mol. The van der Waals surface area contributed by atoms with E-state index in [1.807, 2.05) is 0 Å². The van der Waals surface area contributed by atoms with Gasteiger partial charge in [0.05, 0.1) is 28.1 Å². The fourth-order valence-corrected chi connectivity index (χ4v) is 9.20.